The molecule has 2 heterocycles. The number of aliphatic hydroxyl groups is 1. The number of rotatable bonds is 10. The monoisotopic (exact) mass is 566 g/mol. The van der Waals surface area contributed by atoms with Crippen LogP contribution >= 0.6 is 0 Å². The molecule has 3 rings (SSSR count). The van der Waals surface area contributed by atoms with Gasteiger partial charge in [-0.2, -0.15) is 0 Å². The van der Waals surface area contributed by atoms with E-state index in [0.29, 0.717) is 16.6 Å². The Bertz CT molecular complexity index is 962. The van der Waals surface area contributed by atoms with Gasteiger partial charge in [-0.25, -0.2) is 0 Å². The molecule has 2 aliphatic heterocycles. The molecule has 0 amide bonds. The zero-order valence-corrected chi connectivity index (χ0v) is 26.9. The van der Waals surface area contributed by atoms with Crippen molar-refractivity contribution in [3.05, 3.63) is 0 Å². The molecule has 1 spiro atoms. The number of carbonyl (C=O) groups excluding carboxylic acids is 2. The lowest BCUT2D eigenvalue weighted by Gasteiger charge is -2.47. The van der Waals surface area contributed by atoms with Gasteiger partial charge in [0.25, 0.3) is 0 Å². The summed E-state index contributed by atoms with van der Waals surface area (Å²) >= 11 is 0. The molecule has 3 aliphatic rings. The van der Waals surface area contributed by atoms with Crippen LogP contribution in [-0.2, 0) is 33.0 Å². The summed E-state index contributed by atoms with van der Waals surface area (Å²) in [7, 11) is -2.28. The fourth-order valence-electron chi connectivity index (χ4n) is 8.33. The van der Waals surface area contributed by atoms with Gasteiger partial charge in [0.1, 0.15) is 35.1 Å². The largest absolute Gasteiger partial charge is 0.458 e. The second-order valence-corrected chi connectivity index (χ2v) is 18.9. The van der Waals surface area contributed by atoms with E-state index in [4.69, 9.17) is 29.8 Å². The minimum absolute atomic E-state index is 0.0437. The Labute approximate surface area is 235 Å². The zero-order chi connectivity index (χ0) is 29.9. The molecule has 1 N–H and O–H groups in total. The predicted molar refractivity (Wildman–Crippen MR) is 150 cm³/mol. The highest BCUT2D eigenvalue weighted by molar-refractivity contribution is 6.77. The number of hydrogen-bond acceptors (Lipinski definition) is 8. The maximum Gasteiger partial charge on any atom is 0.303 e. The van der Waals surface area contributed by atoms with E-state index in [-0.39, 0.29) is 18.4 Å². The van der Waals surface area contributed by atoms with Crippen molar-refractivity contribution < 1.29 is 38.1 Å². The van der Waals surface area contributed by atoms with Crippen molar-refractivity contribution in [2.24, 2.45) is 17.8 Å². The summed E-state index contributed by atoms with van der Waals surface area (Å²) in [6.07, 6.45) is 2.80. The van der Waals surface area contributed by atoms with Crippen LogP contribution < -0.4 is 0 Å². The minimum atomic E-state index is -2.28. The lowest BCUT2D eigenvalue weighted by atomic mass is 9.58. The van der Waals surface area contributed by atoms with Crippen molar-refractivity contribution in [3.8, 4) is 12.3 Å². The molecule has 1 saturated carbocycles. The van der Waals surface area contributed by atoms with Gasteiger partial charge in [0.2, 0.25) is 0 Å². The molecule has 0 radical (unpaired) electrons. The van der Waals surface area contributed by atoms with Crippen LogP contribution in [-0.4, -0.2) is 73.2 Å². The van der Waals surface area contributed by atoms with Crippen LogP contribution in [0, 0.1) is 30.1 Å². The molecule has 0 aromatic carbocycles. The topological polar surface area (TPSA) is 104 Å². The molecule has 9 heteroatoms. The van der Waals surface area contributed by atoms with Gasteiger partial charge < -0.3 is 28.5 Å². The van der Waals surface area contributed by atoms with Gasteiger partial charge in [-0.3, -0.25) is 9.59 Å². The van der Waals surface area contributed by atoms with Crippen LogP contribution in [0.4, 0.5) is 0 Å². The maximum absolute atomic E-state index is 12.3. The second kappa shape index (κ2) is 10.8. The molecule has 8 nitrogen and oxygen atoms in total. The summed E-state index contributed by atoms with van der Waals surface area (Å²) < 4.78 is 32.1. The molecule has 0 bridgehead atoms. The van der Waals surface area contributed by atoms with Gasteiger partial charge in [0.05, 0.1) is 6.61 Å². The lowest BCUT2D eigenvalue weighted by Crippen LogP contribution is -2.64. The van der Waals surface area contributed by atoms with Crippen molar-refractivity contribution in [1.82, 2.24) is 0 Å². The highest BCUT2D eigenvalue weighted by atomic mass is 28.4. The third kappa shape index (κ3) is 4.88. The summed E-state index contributed by atoms with van der Waals surface area (Å²) in [4.78, 5) is 24.6. The van der Waals surface area contributed by atoms with Gasteiger partial charge in [-0.15, -0.1) is 6.42 Å². The van der Waals surface area contributed by atoms with Crippen LogP contribution in [0.1, 0.15) is 83.1 Å². The lowest BCUT2D eigenvalue weighted by molar-refractivity contribution is -0.187. The summed E-state index contributed by atoms with van der Waals surface area (Å²) in [5, 5.41) is 11.4. The molecule has 9 atom stereocenters. The van der Waals surface area contributed by atoms with Gasteiger partial charge in [-0.1, -0.05) is 61.3 Å². The Morgan fingerprint density at radius 2 is 1.54 bits per heavy atom. The van der Waals surface area contributed by atoms with Crippen molar-refractivity contribution in [2.45, 2.75) is 141 Å². The van der Waals surface area contributed by atoms with E-state index in [9.17, 15) is 14.7 Å². The third-order valence-electron chi connectivity index (χ3n) is 9.76. The molecule has 1 aliphatic carbocycles. The minimum Gasteiger partial charge on any atom is -0.458 e. The first kappa shape index (κ1) is 32.1. The van der Waals surface area contributed by atoms with E-state index in [1.165, 1.54) is 13.8 Å². The maximum atomic E-state index is 12.3. The SMILES string of the molecule is C#C[C@@](C)(O)[C@@H]1O[C@H](CO[Si](C(C)C)(C(C)C)C(C)C)[C@@]23O[C@]2(C)[C@@H](OC(C)=O)[C@@H](OC(C)=O)[C@H](C(C)C)[C@@H]13. The smallest absolute Gasteiger partial charge is 0.303 e. The Hall–Kier alpha value is -1.44. The first-order chi connectivity index (χ1) is 17.8. The summed E-state index contributed by atoms with van der Waals surface area (Å²) in [5.74, 6) is 0.692. The van der Waals surface area contributed by atoms with E-state index >= 15 is 0 Å². The Kier molecular flexibility index (Phi) is 8.85. The molecule has 222 valence electrons. The first-order valence-corrected chi connectivity index (χ1v) is 16.5. The molecule has 3 fully saturated rings. The van der Waals surface area contributed by atoms with Crippen molar-refractivity contribution in [1.29, 1.82) is 0 Å². The fraction of sp³-hybridized carbons (Fsp3) is 0.867. The van der Waals surface area contributed by atoms with Crippen LogP contribution in [0.15, 0.2) is 0 Å². The standard InChI is InChI=1S/C30H50O8Si/c1-14-28(12,33)26-24-23(16(2)3)25(35-20(10)31)27(36-21(11)32)29(13)30(24,38-29)22(37-26)15-34-39(17(4)5,18(6)7)19(8)9/h1,16-19,22-27,33H,15H2,2-13H3/t22-,23-,24+,25+,26-,27+,28-,29-,30+/m1/s1. The number of hydrogen-bond donors (Lipinski definition) is 1. The van der Waals surface area contributed by atoms with Crippen molar-refractivity contribution in [3.63, 3.8) is 0 Å². The second-order valence-electron chi connectivity index (χ2n) is 13.4. The normalized spacial score (nSPS) is 37.3. The number of carbonyl (C=O) groups is 2. The summed E-state index contributed by atoms with van der Waals surface area (Å²) in [6.45, 7) is 23.8. The van der Waals surface area contributed by atoms with Crippen molar-refractivity contribution >= 4 is 20.3 Å². The summed E-state index contributed by atoms with van der Waals surface area (Å²) in [6, 6.07) is 0. The van der Waals surface area contributed by atoms with Gasteiger partial charge >= 0.3 is 11.9 Å². The van der Waals surface area contributed by atoms with E-state index in [1.54, 1.807) is 6.92 Å². The Morgan fingerprint density at radius 1 is 1.03 bits per heavy atom. The van der Waals surface area contributed by atoms with E-state index in [0.717, 1.165) is 0 Å². The average Bonchev–Trinajstić information content (AvgIpc) is 3.31. The van der Waals surface area contributed by atoms with Crippen LogP contribution in [0.3, 0.4) is 0 Å². The van der Waals surface area contributed by atoms with Gasteiger partial charge in [0, 0.05) is 25.7 Å². The number of epoxide rings is 1. The van der Waals surface area contributed by atoms with Gasteiger partial charge in [0.15, 0.2) is 14.4 Å². The number of terminal acetylenes is 1. The number of ether oxygens (including phenoxy) is 4. The van der Waals surface area contributed by atoms with E-state index in [2.05, 4.69) is 47.5 Å². The van der Waals surface area contributed by atoms with Crippen LogP contribution in [0.25, 0.3) is 0 Å². The van der Waals surface area contributed by atoms with E-state index in [1.807, 2.05) is 20.8 Å². The molecule has 2 saturated heterocycles. The molecule has 39 heavy (non-hydrogen) atoms. The van der Waals surface area contributed by atoms with Gasteiger partial charge in [-0.05, 0) is 36.4 Å². The Balaban J connectivity index is 2.17. The zero-order valence-electron chi connectivity index (χ0n) is 25.9. The fourth-order valence-corrected chi connectivity index (χ4v) is 13.8. The molecule has 0 aromatic rings. The predicted octanol–water partition coefficient (Wildman–Crippen LogP) is 4.62. The molecule has 0 aromatic heterocycles. The third-order valence-corrected chi connectivity index (χ3v) is 15.8. The molecular weight excluding hydrogens is 516 g/mol. The molecular formula is C30H50O8Si. The Morgan fingerprint density at radius 3 is 1.95 bits per heavy atom. The quantitative estimate of drug-likeness (QED) is 0.177. The van der Waals surface area contributed by atoms with Crippen LogP contribution in [0.2, 0.25) is 16.6 Å². The first-order valence-electron chi connectivity index (χ1n) is 14.4. The molecule has 0 unspecified atom stereocenters. The highest BCUT2D eigenvalue weighted by Crippen LogP contribution is 2.70. The van der Waals surface area contributed by atoms with Crippen LogP contribution in [0.5, 0.6) is 0 Å². The number of esters is 2. The van der Waals surface area contributed by atoms with Crippen molar-refractivity contribution in [2.75, 3.05) is 6.61 Å². The highest BCUT2D eigenvalue weighted by Gasteiger charge is 2.88. The average molecular weight is 567 g/mol. The summed E-state index contributed by atoms with van der Waals surface area (Å²) in [5.41, 5.74) is -2.51. The van der Waals surface area contributed by atoms with E-state index < -0.39 is 67.4 Å².